The number of methoxy groups -OCH3 is 1. The molecule has 1 aliphatic carbocycles. The monoisotopic (exact) mass is 325 g/mol. The van der Waals surface area contributed by atoms with Crippen molar-refractivity contribution in [1.82, 2.24) is 14.9 Å². The third-order valence-corrected chi connectivity index (χ3v) is 4.49. The molecule has 1 aromatic carbocycles. The van der Waals surface area contributed by atoms with Crippen LogP contribution in [0, 0.1) is 5.92 Å². The second-order valence-corrected chi connectivity index (χ2v) is 6.06. The summed E-state index contributed by atoms with van der Waals surface area (Å²) in [6.45, 7) is 0. The summed E-state index contributed by atoms with van der Waals surface area (Å²) in [7, 11) is 3.57. The Morgan fingerprint density at radius 2 is 2.21 bits per heavy atom. The smallest absolute Gasteiger partial charge is 0.224 e. The van der Waals surface area contributed by atoms with Crippen molar-refractivity contribution in [2.24, 2.45) is 13.0 Å². The molecule has 2 aromatic rings. The molecule has 24 heavy (non-hydrogen) atoms. The fraction of sp³-hybridized carbons (Fsp3) is 0.368. The Morgan fingerprint density at radius 1 is 1.38 bits per heavy atom. The molecule has 3 rings (SSSR count). The van der Waals surface area contributed by atoms with Crippen LogP contribution in [0.25, 0.3) is 0 Å². The molecule has 1 aliphatic rings. The molecule has 0 fully saturated rings. The number of carbonyl (C=O) groups is 1. The highest BCUT2D eigenvalue weighted by molar-refractivity contribution is 5.80. The number of aryl methyl sites for hydroxylation is 1. The number of hydrogen-bond donors (Lipinski definition) is 1. The number of carbonyl (C=O) groups excluding carboxylic acids is 1. The van der Waals surface area contributed by atoms with Crippen molar-refractivity contribution in [2.75, 3.05) is 7.11 Å². The van der Waals surface area contributed by atoms with Crippen molar-refractivity contribution in [1.29, 1.82) is 0 Å². The van der Waals surface area contributed by atoms with E-state index >= 15 is 0 Å². The van der Waals surface area contributed by atoms with E-state index in [1.54, 1.807) is 13.3 Å². The van der Waals surface area contributed by atoms with Crippen LogP contribution in [-0.4, -0.2) is 22.6 Å². The first-order valence-electron chi connectivity index (χ1n) is 8.26. The fourth-order valence-electron chi connectivity index (χ4n) is 3.13. The van der Waals surface area contributed by atoms with Gasteiger partial charge in [0.15, 0.2) is 0 Å². The first kappa shape index (κ1) is 16.3. The van der Waals surface area contributed by atoms with Crippen LogP contribution in [-0.2, 0) is 11.8 Å². The molecule has 0 saturated carbocycles. The number of hydrogen-bond acceptors (Lipinski definition) is 3. The number of rotatable bonds is 5. The van der Waals surface area contributed by atoms with E-state index in [1.807, 2.05) is 42.1 Å². The molecule has 0 aliphatic heterocycles. The van der Waals surface area contributed by atoms with Crippen molar-refractivity contribution in [3.05, 3.63) is 60.2 Å². The van der Waals surface area contributed by atoms with Crippen LogP contribution in [0.5, 0.6) is 5.75 Å². The first-order chi connectivity index (χ1) is 11.7. The van der Waals surface area contributed by atoms with Crippen molar-refractivity contribution in [3.8, 4) is 5.75 Å². The van der Waals surface area contributed by atoms with E-state index < -0.39 is 0 Å². The zero-order valence-corrected chi connectivity index (χ0v) is 14.1. The summed E-state index contributed by atoms with van der Waals surface area (Å²) in [5, 5.41) is 3.18. The van der Waals surface area contributed by atoms with E-state index in [0.29, 0.717) is 0 Å². The van der Waals surface area contributed by atoms with Gasteiger partial charge >= 0.3 is 0 Å². The van der Waals surface area contributed by atoms with Gasteiger partial charge in [0, 0.05) is 30.9 Å². The average molecular weight is 325 g/mol. The Bertz CT molecular complexity index is 736. The molecule has 1 heterocycles. The first-order valence-corrected chi connectivity index (χ1v) is 8.26. The van der Waals surface area contributed by atoms with E-state index in [-0.39, 0.29) is 17.9 Å². The number of benzene rings is 1. The topological polar surface area (TPSA) is 56.1 Å². The van der Waals surface area contributed by atoms with Crippen molar-refractivity contribution in [2.45, 2.75) is 25.3 Å². The van der Waals surface area contributed by atoms with Gasteiger partial charge in [-0.3, -0.25) is 4.79 Å². The van der Waals surface area contributed by atoms with Gasteiger partial charge in [-0.05, 0) is 25.3 Å². The van der Waals surface area contributed by atoms with Gasteiger partial charge in [-0.15, -0.1) is 0 Å². The largest absolute Gasteiger partial charge is 0.496 e. The molecule has 0 spiro atoms. The Balaban J connectivity index is 1.92. The molecule has 5 heteroatoms. The number of aromatic nitrogens is 2. The van der Waals surface area contributed by atoms with Crippen LogP contribution >= 0.6 is 0 Å². The van der Waals surface area contributed by atoms with Gasteiger partial charge in [0.05, 0.1) is 7.11 Å². The minimum Gasteiger partial charge on any atom is -0.496 e. The van der Waals surface area contributed by atoms with Crippen LogP contribution in [0.1, 0.15) is 36.7 Å². The van der Waals surface area contributed by atoms with E-state index in [1.165, 1.54) is 0 Å². The number of imidazole rings is 1. The summed E-state index contributed by atoms with van der Waals surface area (Å²) < 4.78 is 7.42. The van der Waals surface area contributed by atoms with E-state index in [9.17, 15) is 4.79 Å². The highest BCUT2D eigenvalue weighted by atomic mass is 16.5. The number of amides is 1. The average Bonchev–Trinajstić information content (AvgIpc) is 3.06. The second kappa shape index (κ2) is 7.34. The van der Waals surface area contributed by atoms with Crippen LogP contribution in [0.15, 0.2) is 48.8 Å². The minimum atomic E-state index is -0.334. The van der Waals surface area contributed by atoms with Gasteiger partial charge in [-0.2, -0.15) is 0 Å². The standard InChI is InChI=1S/C19H23N3O2/c1-22-13-12-20-18(22)17(15-10-6-7-11-16(15)24-2)21-19(23)14-8-4-3-5-9-14/h3-4,6-7,10-14,17H,5,8-9H2,1-2H3,(H,21,23)/t14-,17+/m1/s1. The van der Waals surface area contributed by atoms with Crippen LogP contribution < -0.4 is 10.1 Å². The fourth-order valence-corrected chi connectivity index (χ4v) is 3.13. The zero-order valence-electron chi connectivity index (χ0n) is 14.1. The molecular weight excluding hydrogens is 302 g/mol. The summed E-state index contributed by atoms with van der Waals surface area (Å²) in [6, 6.07) is 7.41. The normalized spacial score (nSPS) is 18.2. The van der Waals surface area contributed by atoms with Gasteiger partial charge in [0.25, 0.3) is 0 Å². The SMILES string of the molecule is COc1ccccc1[C@H](NC(=O)[C@@H]1CC=CCC1)c1nccn1C. The summed E-state index contributed by atoms with van der Waals surface area (Å²) in [5.74, 6) is 1.62. The highest BCUT2D eigenvalue weighted by Crippen LogP contribution is 2.30. The maximum atomic E-state index is 12.8. The lowest BCUT2D eigenvalue weighted by Crippen LogP contribution is -2.36. The molecule has 5 nitrogen and oxygen atoms in total. The van der Waals surface area contributed by atoms with Crippen molar-refractivity contribution < 1.29 is 9.53 Å². The summed E-state index contributed by atoms with van der Waals surface area (Å²) >= 11 is 0. The maximum absolute atomic E-state index is 12.8. The Hall–Kier alpha value is -2.56. The van der Waals surface area contributed by atoms with Gasteiger partial charge in [0.1, 0.15) is 17.6 Å². The molecule has 2 atom stereocenters. The quantitative estimate of drug-likeness (QED) is 0.860. The third-order valence-electron chi connectivity index (χ3n) is 4.49. The number of ether oxygens (including phenoxy) is 1. The molecule has 1 aromatic heterocycles. The predicted octanol–water partition coefficient (Wildman–Crippen LogP) is 2.99. The summed E-state index contributed by atoms with van der Waals surface area (Å²) in [4.78, 5) is 17.2. The number of allylic oxidation sites excluding steroid dienone is 2. The highest BCUT2D eigenvalue weighted by Gasteiger charge is 2.27. The Kier molecular flexibility index (Phi) is 4.99. The summed E-state index contributed by atoms with van der Waals surface area (Å²) in [6.07, 6.45) is 10.5. The molecule has 0 radical (unpaired) electrons. The van der Waals surface area contributed by atoms with Gasteiger partial charge in [-0.1, -0.05) is 30.4 Å². The van der Waals surface area contributed by atoms with Crippen LogP contribution in [0.3, 0.4) is 0 Å². The van der Waals surface area contributed by atoms with E-state index in [4.69, 9.17) is 4.74 Å². The minimum absolute atomic E-state index is 0.0208. The number of para-hydroxylation sites is 1. The van der Waals surface area contributed by atoms with Gasteiger partial charge in [0.2, 0.25) is 5.91 Å². The van der Waals surface area contributed by atoms with Crippen molar-refractivity contribution >= 4 is 5.91 Å². The molecule has 0 unspecified atom stereocenters. The second-order valence-electron chi connectivity index (χ2n) is 6.06. The lowest BCUT2D eigenvalue weighted by Gasteiger charge is -2.24. The third kappa shape index (κ3) is 3.35. The molecule has 1 N–H and O–H groups in total. The maximum Gasteiger partial charge on any atom is 0.224 e. The Morgan fingerprint density at radius 3 is 2.88 bits per heavy atom. The molecular formula is C19H23N3O2. The molecule has 0 bridgehead atoms. The van der Waals surface area contributed by atoms with Crippen molar-refractivity contribution in [3.63, 3.8) is 0 Å². The van der Waals surface area contributed by atoms with Gasteiger partial charge in [-0.25, -0.2) is 4.98 Å². The van der Waals surface area contributed by atoms with E-state index in [2.05, 4.69) is 22.5 Å². The molecule has 126 valence electrons. The predicted molar refractivity (Wildman–Crippen MR) is 92.7 cm³/mol. The lowest BCUT2D eigenvalue weighted by atomic mass is 9.93. The lowest BCUT2D eigenvalue weighted by molar-refractivity contribution is -0.125. The Labute approximate surface area is 142 Å². The number of nitrogens with one attached hydrogen (secondary N) is 1. The molecule has 0 saturated heterocycles. The number of nitrogens with zero attached hydrogens (tertiary/aromatic N) is 2. The summed E-state index contributed by atoms with van der Waals surface area (Å²) in [5.41, 5.74) is 0.911. The van der Waals surface area contributed by atoms with Crippen LogP contribution in [0.4, 0.5) is 0 Å². The van der Waals surface area contributed by atoms with E-state index in [0.717, 1.165) is 36.4 Å². The van der Waals surface area contributed by atoms with Gasteiger partial charge < -0.3 is 14.6 Å². The van der Waals surface area contributed by atoms with Crippen LogP contribution in [0.2, 0.25) is 0 Å². The zero-order chi connectivity index (χ0) is 16.9. The molecule has 1 amide bonds.